The molecule has 3 nitrogen and oxygen atoms in total. The predicted molar refractivity (Wildman–Crippen MR) is 59.8 cm³/mol. The molecule has 16 heavy (non-hydrogen) atoms. The number of hydrogen-bond donors (Lipinski definition) is 0. The molecular weight excluding hydrogens is 204 g/mol. The largest absolute Gasteiger partial charge is 0.454 e. The van der Waals surface area contributed by atoms with Crippen LogP contribution < -0.4 is 9.47 Å². The average molecular weight is 220 g/mol. The Kier molecular flexibility index (Phi) is 1.96. The summed E-state index contributed by atoms with van der Waals surface area (Å²) in [6.07, 6.45) is 1.19. The summed E-state index contributed by atoms with van der Waals surface area (Å²) in [5.74, 6) is 1.70. The molecule has 3 heteroatoms. The Morgan fingerprint density at radius 3 is 2.62 bits per heavy atom. The molecule has 3 rings (SSSR count). The summed E-state index contributed by atoms with van der Waals surface area (Å²) in [7, 11) is 0. The molecule has 2 heterocycles. The van der Waals surface area contributed by atoms with Crippen LogP contribution in [0.3, 0.4) is 0 Å². The lowest BCUT2D eigenvalue weighted by atomic mass is 9.87. The summed E-state index contributed by atoms with van der Waals surface area (Å²) in [6.45, 7) is 6.64. The third-order valence-electron chi connectivity index (χ3n) is 3.25. The quantitative estimate of drug-likeness (QED) is 0.672. The van der Waals surface area contributed by atoms with E-state index in [1.807, 2.05) is 0 Å². The summed E-state index contributed by atoms with van der Waals surface area (Å²) >= 11 is 0. The van der Waals surface area contributed by atoms with Crippen molar-refractivity contribution in [1.29, 1.82) is 0 Å². The highest BCUT2D eigenvalue weighted by Gasteiger charge is 2.34. The summed E-state index contributed by atoms with van der Waals surface area (Å²) < 4.78 is 16.8. The molecule has 0 saturated carbocycles. The number of fused-ring (bicyclic) bond motifs is 2. The van der Waals surface area contributed by atoms with Crippen molar-refractivity contribution in [2.75, 3.05) is 6.79 Å². The molecule has 0 saturated heterocycles. The normalized spacial score (nSPS) is 25.3. The second-order valence-electron chi connectivity index (χ2n) is 5.01. The van der Waals surface area contributed by atoms with Gasteiger partial charge in [0.2, 0.25) is 6.79 Å². The van der Waals surface area contributed by atoms with Crippen LogP contribution in [0.5, 0.6) is 11.5 Å². The highest BCUT2D eigenvalue weighted by atomic mass is 16.7. The fourth-order valence-corrected chi connectivity index (χ4v) is 2.63. The third-order valence-corrected chi connectivity index (χ3v) is 3.25. The molecular formula is C13H16O3. The van der Waals surface area contributed by atoms with E-state index >= 15 is 0 Å². The molecule has 0 amide bonds. The number of rotatable bonds is 0. The summed E-state index contributed by atoms with van der Waals surface area (Å²) in [4.78, 5) is 0. The van der Waals surface area contributed by atoms with Crippen molar-refractivity contribution in [3.05, 3.63) is 23.3 Å². The molecule has 0 bridgehead atoms. The molecule has 2 aliphatic rings. The van der Waals surface area contributed by atoms with Gasteiger partial charge in [0, 0.05) is 0 Å². The van der Waals surface area contributed by atoms with Crippen molar-refractivity contribution in [3.8, 4) is 11.5 Å². The molecule has 0 aliphatic carbocycles. The Morgan fingerprint density at radius 1 is 1.19 bits per heavy atom. The zero-order valence-electron chi connectivity index (χ0n) is 9.87. The molecule has 0 fully saturated rings. The number of hydrogen-bond acceptors (Lipinski definition) is 3. The first-order valence-corrected chi connectivity index (χ1v) is 5.67. The van der Waals surface area contributed by atoms with E-state index in [1.165, 1.54) is 11.1 Å². The van der Waals surface area contributed by atoms with E-state index in [9.17, 15) is 0 Å². The highest BCUT2D eigenvalue weighted by Crippen LogP contribution is 2.42. The molecule has 0 spiro atoms. The number of ether oxygens (including phenoxy) is 3. The molecule has 0 radical (unpaired) electrons. The maximum absolute atomic E-state index is 5.96. The molecule has 1 aromatic rings. The van der Waals surface area contributed by atoms with Crippen LogP contribution in [-0.2, 0) is 16.8 Å². The Labute approximate surface area is 95.3 Å². The minimum atomic E-state index is -0.242. The van der Waals surface area contributed by atoms with Crippen LogP contribution in [0.25, 0.3) is 0 Å². The van der Waals surface area contributed by atoms with Gasteiger partial charge in [-0.2, -0.15) is 0 Å². The Bertz CT molecular complexity index is 437. The first kappa shape index (κ1) is 9.97. The van der Waals surface area contributed by atoms with Gasteiger partial charge in [0.1, 0.15) is 0 Å². The lowest BCUT2D eigenvalue weighted by molar-refractivity contribution is -0.0794. The van der Waals surface area contributed by atoms with Gasteiger partial charge in [-0.25, -0.2) is 0 Å². The molecule has 1 aromatic carbocycles. The maximum atomic E-state index is 5.96. The monoisotopic (exact) mass is 220 g/mol. The van der Waals surface area contributed by atoms with Crippen LogP contribution in [0.4, 0.5) is 0 Å². The molecule has 2 aliphatic heterocycles. The Hall–Kier alpha value is -1.22. The van der Waals surface area contributed by atoms with E-state index in [-0.39, 0.29) is 11.7 Å². The van der Waals surface area contributed by atoms with Crippen LogP contribution in [-0.4, -0.2) is 12.9 Å². The smallest absolute Gasteiger partial charge is 0.231 e. The zero-order valence-corrected chi connectivity index (χ0v) is 9.87. The first-order valence-electron chi connectivity index (χ1n) is 5.67. The van der Waals surface area contributed by atoms with Crippen molar-refractivity contribution >= 4 is 0 Å². The van der Waals surface area contributed by atoms with Gasteiger partial charge < -0.3 is 14.2 Å². The van der Waals surface area contributed by atoms with Crippen molar-refractivity contribution in [2.45, 2.75) is 38.9 Å². The van der Waals surface area contributed by atoms with E-state index < -0.39 is 0 Å². The Morgan fingerprint density at radius 2 is 1.88 bits per heavy atom. The van der Waals surface area contributed by atoms with Gasteiger partial charge in [-0.3, -0.25) is 0 Å². The van der Waals surface area contributed by atoms with E-state index in [0.717, 1.165) is 17.9 Å². The van der Waals surface area contributed by atoms with Gasteiger partial charge in [0.25, 0.3) is 0 Å². The van der Waals surface area contributed by atoms with E-state index in [0.29, 0.717) is 6.79 Å². The molecule has 0 N–H and O–H groups in total. The summed E-state index contributed by atoms with van der Waals surface area (Å²) in [5.41, 5.74) is 2.29. The van der Waals surface area contributed by atoms with E-state index in [1.54, 1.807) is 0 Å². The van der Waals surface area contributed by atoms with Gasteiger partial charge in [0.05, 0.1) is 11.7 Å². The van der Waals surface area contributed by atoms with Crippen LogP contribution in [0.15, 0.2) is 12.1 Å². The summed E-state index contributed by atoms with van der Waals surface area (Å²) in [5, 5.41) is 0. The van der Waals surface area contributed by atoms with E-state index in [4.69, 9.17) is 14.2 Å². The van der Waals surface area contributed by atoms with Crippen LogP contribution >= 0.6 is 0 Å². The van der Waals surface area contributed by atoms with Gasteiger partial charge >= 0.3 is 0 Å². The Balaban J connectivity index is 2.14. The van der Waals surface area contributed by atoms with Gasteiger partial charge in [-0.1, -0.05) is 0 Å². The molecule has 1 unspecified atom stereocenters. The third kappa shape index (κ3) is 1.39. The van der Waals surface area contributed by atoms with Crippen LogP contribution in [0, 0.1) is 0 Å². The predicted octanol–water partition coefficient (Wildman–Crippen LogP) is 2.61. The van der Waals surface area contributed by atoms with Crippen LogP contribution in [0.2, 0.25) is 0 Å². The fourth-order valence-electron chi connectivity index (χ4n) is 2.63. The average Bonchev–Trinajstić information content (AvgIpc) is 2.60. The zero-order chi connectivity index (χ0) is 11.3. The van der Waals surface area contributed by atoms with Crippen LogP contribution in [0.1, 0.15) is 31.9 Å². The fraction of sp³-hybridized carbons (Fsp3) is 0.538. The van der Waals surface area contributed by atoms with Crippen molar-refractivity contribution in [1.82, 2.24) is 0 Å². The lowest BCUT2D eigenvalue weighted by Crippen LogP contribution is -2.34. The number of benzene rings is 1. The maximum Gasteiger partial charge on any atom is 0.231 e. The first-order chi connectivity index (χ1) is 7.56. The van der Waals surface area contributed by atoms with Crippen molar-refractivity contribution in [3.63, 3.8) is 0 Å². The SMILES string of the molecule is CC1Cc2cc3c(cc2C(C)(C)O1)OCO3. The van der Waals surface area contributed by atoms with E-state index in [2.05, 4.69) is 32.9 Å². The lowest BCUT2D eigenvalue weighted by Gasteiger charge is -2.36. The summed E-state index contributed by atoms with van der Waals surface area (Å²) in [6, 6.07) is 4.15. The molecule has 1 atom stereocenters. The minimum absolute atomic E-state index is 0.242. The minimum Gasteiger partial charge on any atom is -0.454 e. The van der Waals surface area contributed by atoms with Gasteiger partial charge in [0.15, 0.2) is 11.5 Å². The molecule has 86 valence electrons. The highest BCUT2D eigenvalue weighted by molar-refractivity contribution is 5.51. The molecule has 0 aromatic heterocycles. The van der Waals surface area contributed by atoms with Crippen molar-refractivity contribution < 1.29 is 14.2 Å². The van der Waals surface area contributed by atoms with Gasteiger partial charge in [-0.15, -0.1) is 0 Å². The van der Waals surface area contributed by atoms with Crippen molar-refractivity contribution in [2.24, 2.45) is 0 Å². The second kappa shape index (κ2) is 3.14. The second-order valence-corrected chi connectivity index (χ2v) is 5.01. The topological polar surface area (TPSA) is 27.7 Å². The van der Waals surface area contributed by atoms with Gasteiger partial charge in [-0.05, 0) is 50.5 Å². The standard InChI is InChI=1S/C13H16O3/c1-8-4-9-5-11-12(15-7-14-11)6-10(9)13(2,3)16-8/h5-6,8H,4,7H2,1-3H3.